The van der Waals surface area contributed by atoms with E-state index in [0.717, 1.165) is 65.7 Å². The molecule has 3 aromatic rings. The second kappa shape index (κ2) is 11.1. The van der Waals surface area contributed by atoms with Gasteiger partial charge in [0, 0.05) is 45.4 Å². The monoisotopic (exact) mass is 479 g/mol. The topological polar surface area (TPSA) is 80.4 Å². The number of piperidine rings is 1. The largest absolute Gasteiger partial charge is 0.454 e. The maximum atomic E-state index is 10.6. The fraction of sp³-hybridized carbons (Fsp3) is 0.444. The lowest BCUT2D eigenvalue weighted by molar-refractivity contribution is 0.0338. The van der Waals surface area contributed by atoms with E-state index >= 15 is 0 Å². The maximum Gasteiger partial charge on any atom is 0.232 e. The van der Waals surface area contributed by atoms with Crippen molar-refractivity contribution in [1.29, 1.82) is 0 Å². The molecule has 0 amide bonds. The van der Waals surface area contributed by atoms with E-state index in [1.165, 1.54) is 6.42 Å². The number of nitrogens with zero attached hydrogens (tertiary/aromatic N) is 3. The van der Waals surface area contributed by atoms with Crippen LogP contribution in [0.25, 0.3) is 11.3 Å². The lowest BCUT2D eigenvalue weighted by atomic mass is 10.0. The third kappa shape index (κ3) is 5.61. The molecule has 5 rings (SSSR count). The average molecular weight is 480 g/mol. The number of fused-ring (bicyclic) bond motifs is 1. The molecule has 0 unspecified atom stereocenters. The van der Waals surface area contributed by atoms with Gasteiger partial charge in [0.25, 0.3) is 0 Å². The van der Waals surface area contributed by atoms with E-state index in [2.05, 4.69) is 27.1 Å². The van der Waals surface area contributed by atoms with Gasteiger partial charge in [-0.25, -0.2) is 0 Å². The first-order chi connectivity index (χ1) is 17.2. The van der Waals surface area contributed by atoms with E-state index in [1.807, 2.05) is 36.4 Å². The summed E-state index contributed by atoms with van der Waals surface area (Å²) in [5, 5.41) is 15.1. The summed E-state index contributed by atoms with van der Waals surface area (Å²) < 4.78 is 22.2. The van der Waals surface area contributed by atoms with Gasteiger partial charge in [-0.2, -0.15) is 0 Å². The number of hydrogen-bond donors (Lipinski definition) is 1. The molecule has 1 atom stereocenters. The van der Waals surface area contributed by atoms with Gasteiger partial charge in [0.15, 0.2) is 11.5 Å². The van der Waals surface area contributed by atoms with E-state index in [-0.39, 0.29) is 13.4 Å². The smallest absolute Gasteiger partial charge is 0.232 e. The number of methoxy groups -OCH3 is 1. The first-order valence-electron chi connectivity index (χ1n) is 12.3. The van der Waals surface area contributed by atoms with Crippen molar-refractivity contribution in [2.45, 2.75) is 38.5 Å². The lowest BCUT2D eigenvalue weighted by Crippen LogP contribution is -2.35. The molecule has 1 saturated heterocycles. The summed E-state index contributed by atoms with van der Waals surface area (Å²) in [4.78, 5) is 4.52. The molecule has 0 radical (unpaired) electrons. The van der Waals surface area contributed by atoms with E-state index in [4.69, 9.17) is 18.7 Å². The number of rotatable bonds is 10. The zero-order valence-electron chi connectivity index (χ0n) is 20.2. The predicted octanol–water partition coefficient (Wildman–Crippen LogP) is 4.07. The molecule has 0 aliphatic carbocycles. The van der Waals surface area contributed by atoms with Crippen LogP contribution in [0.2, 0.25) is 0 Å². The predicted molar refractivity (Wildman–Crippen MR) is 133 cm³/mol. The van der Waals surface area contributed by atoms with Gasteiger partial charge < -0.3 is 28.7 Å². The summed E-state index contributed by atoms with van der Waals surface area (Å²) in [5.41, 5.74) is 4.00. The van der Waals surface area contributed by atoms with Crippen molar-refractivity contribution < 1.29 is 23.8 Å². The van der Waals surface area contributed by atoms with Crippen LogP contribution in [0.3, 0.4) is 0 Å². The molecule has 8 heteroatoms. The zero-order chi connectivity index (χ0) is 24.0. The van der Waals surface area contributed by atoms with Crippen molar-refractivity contribution in [2.24, 2.45) is 0 Å². The maximum absolute atomic E-state index is 10.6. The molecule has 35 heavy (non-hydrogen) atoms. The van der Waals surface area contributed by atoms with E-state index < -0.39 is 6.10 Å². The summed E-state index contributed by atoms with van der Waals surface area (Å²) in [6, 6.07) is 16.1. The fourth-order valence-electron chi connectivity index (χ4n) is 4.86. The van der Waals surface area contributed by atoms with Gasteiger partial charge in [-0.3, -0.25) is 4.90 Å². The van der Waals surface area contributed by atoms with Crippen LogP contribution in [0.4, 0.5) is 5.88 Å². The molecule has 1 aromatic heterocycles. The van der Waals surface area contributed by atoms with Crippen molar-refractivity contribution in [3.05, 3.63) is 59.7 Å². The van der Waals surface area contributed by atoms with Crippen molar-refractivity contribution in [3.8, 4) is 22.8 Å². The number of aliphatic hydroxyl groups excluding tert-OH is 1. The van der Waals surface area contributed by atoms with Crippen LogP contribution >= 0.6 is 0 Å². The number of aromatic nitrogens is 1. The third-order valence-corrected chi connectivity index (χ3v) is 6.51. The second-order valence-corrected chi connectivity index (χ2v) is 9.20. The summed E-state index contributed by atoms with van der Waals surface area (Å²) in [6.45, 7) is 4.09. The molecule has 3 heterocycles. The van der Waals surface area contributed by atoms with E-state index in [1.54, 1.807) is 7.11 Å². The minimum atomic E-state index is -0.618. The standard InChI is InChI=1S/C27H33N3O5/c1-32-18-22(31)16-29(15-20-10-11-24-25(14-20)34-19-33-24)17-23-26(21-8-4-2-5-9-21)28-35-27(23)30-12-6-3-7-13-30/h2,4-5,8-11,14,22,31H,3,6-7,12-13,15-19H2,1H3/t22-/m1/s1. The Morgan fingerprint density at radius 3 is 2.63 bits per heavy atom. The Kier molecular flexibility index (Phi) is 7.51. The third-order valence-electron chi connectivity index (χ3n) is 6.51. The SMILES string of the molecule is COC[C@H](O)CN(Cc1ccc2c(c1)OCO2)Cc1c(-c2ccccc2)noc1N1CCCCC1. The number of benzene rings is 2. The number of aliphatic hydroxyl groups is 1. The van der Waals surface area contributed by atoms with Gasteiger partial charge in [0.2, 0.25) is 12.7 Å². The summed E-state index contributed by atoms with van der Waals surface area (Å²) in [7, 11) is 1.60. The van der Waals surface area contributed by atoms with Crippen LogP contribution in [0.15, 0.2) is 53.1 Å². The molecule has 1 N–H and O–H groups in total. The quantitative estimate of drug-likeness (QED) is 0.466. The molecule has 186 valence electrons. The Morgan fingerprint density at radius 2 is 1.83 bits per heavy atom. The van der Waals surface area contributed by atoms with Crippen LogP contribution in [-0.2, 0) is 17.8 Å². The zero-order valence-corrected chi connectivity index (χ0v) is 20.2. The number of hydrogen-bond acceptors (Lipinski definition) is 8. The van der Waals surface area contributed by atoms with Gasteiger partial charge in [-0.15, -0.1) is 0 Å². The van der Waals surface area contributed by atoms with Gasteiger partial charge in [0.1, 0.15) is 5.69 Å². The van der Waals surface area contributed by atoms with Crippen LogP contribution in [0.5, 0.6) is 11.5 Å². The number of ether oxygens (including phenoxy) is 3. The minimum Gasteiger partial charge on any atom is -0.454 e. The van der Waals surface area contributed by atoms with Crippen molar-refractivity contribution >= 4 is 5.88 Å². The molecule has 1 fully saturated rings. The molecule has 0 bridgehead atoms. The number of anilines is 1. The van der Waals surface area contributed by atoms with Crippen molar-refractivity contribution in [1.82, 2.24) is 10.1 Å². The fourth-order valence-corrected chi connectivity index (χ4v) is 4.86. The Hall–Kier alpha value is -3.07. The highest BCUT2D eigenvalue weighted by molar-refractivity contribution is 5.68. The Labute approximate surface area is 206 Å². The van der Waals surface area contributed by atoms with Gasteiger partial charge in [0.05, 0.1) is 18.3 Å². The van der Waals surface area contributed by atoms with Crippen LogP contribution in [-0.4, -0.2) is 61.4 Å². The van der Waals surface area contributed by atoms with Crippen LogP contribution in [0, 0.1) is 0 Å². The van der Waals surface area contributed by atoms with Gasteiger partial charge in [-0.1, -0.05) is 41.6 Å². The second-order valence-electron chi connectivity index (χ2n) is 9.20. The molecule has 0 saturated carbocycles. The first-order valence-corrected chi connectivity index (χ1v) is 12.3. The average Bonchev–Trinajstić information content (AvgIpc) is 3.52. The Balaban J connectivity index is 1.46. The van der Waals surface area contributed by atoms with Crippen LogP contribution in [0.1, 0.15) is 30.4 Å². The molecule has 0 spiro atoms. The van der Waals surface area contributed by atoms with E-state index in [0.29, 0.717) is 19.6 Å². The lowest BCUT2D eigenvalue weighted by Gasteiger charge is -2.29. The van der Waals surface area contributed by atoms with Crippen molar-refractivity contribution in [2.75, 3.05) is 45.0 Å². The Bertz CT molecular complexity index is 1100. The molecular formula is C27H33N3O5. The highest BCUT2D eigenvalue weighted by Gasteiger charge is 2.26. The summed E-state index contributed by atoms with van der Waals surface area (Å²) in [6.07, 6.45) is 2.92. The Morgan fingerprint density at radius 1 is 1.03 bits per heavy atom. The van der Waals surface area contributed by atoms with E-state index in [9.17, 15) is 5.11 Å². The highest BCUT2D eigenvalue weighted by atomic mass is 16.7. The normalized spacial score (nSPS) is 16.1. The van der Waals surface area contributed by atoms with Gasteiger partial charge in [-0.05, 0) is 37.0 Å². The molecule has 2 aromatic carbocycles. The molecule has 2 aliphatic rings. The first kappa shape index (κ1) is 23.7. The van der Waals surface area contributed by atoms with Crippen molar-refractivity contribution in [3.63, 3.8) is 0 Å². The highest BCUT2D eigenvalue weighted by Crippen LogP contribution is 2.35. The van der Waals surface area contributed by atoms with Gasteiger partial charge >= 0.3 is 0 Å². The molecule has 8 nitrogen and oxygen atoms in total. The van der Waals surface area contributed by atoms with Crippen LogP contribution < -0.4 is 14.4 Å². The summed E-state index contributed by atoms with van der Waals surface area (Å²) in [5.74, 6) is 2.35. The molecule has 2 aliphatic heterocycles. The minimum absolute atomic E-state index is 0.245. The molecular weight excluding hydrogens is 446 g/mol. The summed E-state index contributed by atoms with van der Waals surface area (Å²) >= 11 is 0.